The van der Waals surface area contributed by atoms with Crippen molar-refractivity contribution in [2.24, 2.45) is 17.3 Å². The highest BCUT2D eigenvalue weighted by atomic mass is 79.9. The van der Waals surface area contributed by atoms with E-state index in [1.54, 1.807) is 0 Å². The third-order valence-corrected chi connectivity index (χ3v) is 6.34. The van der Waals surface area contributed by atoms with Crippen LogP contribution in [0.5, 0.6) is 0 Å². The van der Waals surface area contributed by atoms with Crippen molar-refractivity contribution < 1.29 is 5.11 Å². The highest BCUT2D eigenvalue weighted by Crippen LogP contribution is 2.53. The molecule has 2 aliphatic carbocycles. The topological polar surface area (TPSA) is 20.2 Å². The predicted molar refractivity (Wildman–Crippen MR) is 86.6 cm³/mol. The first kappa shape index (κ1) is 14.6. The molecule has 0 bridgehead atoms. The van der Waals surface area contributed by atoms with Gasteiger partial charge in [0.15, 0.2) is 0 Å². The van der Waals surface area contributed by atoms with Gasteiger partial charge in [0, 0.05) is 4.47 Å². The third kappa shape index (κ3) is 2.82. The van der Waals surface area contributed by atoms with Crippen molar-refractivity contribution in [3.8, 4) is 0 Å². The van der Waals surface area contributed by atoms with Crippen molar-refractivity contribution in [3.63, 3.8) is 0 Å². The molecule has 2 heteroatoms. The minimum atomic E-state index is -0.102. The van der Waals surface area contributed by atoms with Crippen molar-refractivity contribution in [3.05, 3.63) is 34.3 Å². The maximum Gasteiger partial charge on any atom is 0.0574 e. The van der Waals surface area contributed by atoms with E-state index >= 15 is 0 Å². The van der Waals surface area contributed by atoms with Gasteiger partial charge in [-0.15, -0.1) is 0 Å². The fourth-order valence-corrected chi connectivity index (χ4v) is 4.86. The summed E-state index contributed by atoms with van der Waals surface area (Å²) in [5.74, 6) is 1.17. The maximum absolute atomic E-state index is 10.5. The molecule has 2 fully saturated rings. The van der Waals surface area contributed by atoms with Crippen molar-refractivity contribution in [2.45, 2.75) is 58.0 Å². The number of benzene rings is 1. The molecule has 3 rings (SSSR count). The molecule has 0 heterocycles. The van der Waals surface area contributed by atoms with Gasteiger partial charge in [0.1, 0.15) is 0 Å². The normalized spacial score (nSPS) is 37.5. The SMILES string of the molecule is C[C@@]12CCCC[C@H]1[C@H](Cc1ccc(Br)cc1)[C@@H](O)CC2. The zero-order valence-corrected chi connectivity index (χ0v) is 13.9. The summed E-state index contributed by atoms with van der Waals surface area (Å²) < 4.78 is 1.13. The van der Waals surface area contributed by atoms with Crippen LogP contribution in [0.15, 0.2) is 28.7 Å². The smallest absolute Gasteiger partial charge is 0.0574 e. The molecule has 0 unspecified atom stereocenters. The summed E-state index contributed by atoms with van der Waals surface area (Å²) in [6.07, 6.45) is 8.56. The molecular formula is C18H25BrO. The lowest BCUT2D eigenvalue weighted by Gasteiger charge is -2.51. The summed E-state index contributed by atoms with van der Waals surface area (Å²) in [6.45, 7) is 2.47. The van der Waals surface area contributed by atoms with Gasteiger partial charge in [0.25, 0.3) is 0 Å². The van der Waals surface area contributed by atoms with Gasteiger partial charge in [0.05, 0.1) is 6.10 Å². The number of hydrogen-bond acceptors (Lipinski definition) is 1. The monoisotopic (exact) mass is 336 g/mol. The zero-order chi connectivity index (χ0) is 14.2. The van der Waals surface area contributed by atoms with Crippen molar-refractivity contribution in [1.29, 1.82) is 0 Å². The average Bonchev–Trinajstić information content (AvgIpc) is 2.45. The summed E-state index contributed by atoms with van der Waals surface area (Å²) in [5.41, 5.74) is 1.85. The molecule has 110 valence electrons. The van der Waals surface area contributed by atoms with E-state index < -0.39 is 0 Å². The van der Waals surface area contributed by atoms with Gasteiger partial charge in [-0.2, -0.15) is 0 Å². The molecule has 1 aromatic rings. The number of aliphatic hydroxyl groups excluding tert-OH is 1. The molecule has 0 amide bonds. The minimum absolute atomic E-state index is 0.102. The first-order valence-electron chi connectivity index (χ1n) is 8.01. The van der Waals surface area contributed by atoms with Gasteiger partial charge in [0.2, 0.25) is 0 Å². The van der Waals surface area contributed by atoms with Gasteiger partial charge in [-0.1, -0.05) is 47.8 Å². The van der Waals surface area contributed by atoms with Gasteiger partial charge in [-0.25, -0.2) is 0 Å². The Hall–Kier alpha value is -0.340. The largest absolute Gasteiger partial charge is 0.393 e. The van der Waals surface area contributed by atoms with Crippen LogP contribution >= 0.6 is 15.9 Å². The number of fused-ring (bicyclic) bond motifs is 1. The van der Waals surface area contributed by atoms with Crippen molar-refractivity contribution >= 4 is 15.9 Å². The van der Waals surface area contributed by atoms with Crippen LogP contribution in [0.1, 0.15) is 51.0 Å². The summed E-state index contributed by atoms with van der Waals surface area (Å²) in [5, 5.41) is 10.5. The lowest BCUT2D eigenvalue weighted by Crippen LogP contribution is -2.46. The van der Waals surface area contributed by atoms with Crippen LogP contribution in [-0.2, 0) is 6.42 Å². The first-order chi connectivity index (χ1) is 9.58. The first-order valence-corrected chi connectivity index (χ1v) is 8.80. The lowest BCUT2D eigenvalue weighted by atomic mass is 9.55. The second kappa shape index (κ2) is 5.81. The predicted octanol–water partition coefficient (Wildman–Crippen LogP) is 4.96. The van der Waals surface area contributed by atoms with E-state index in [2.05, 4.69) is 47.1 Å². The summed E-state index contributed by atoms with van der Waals surface area (Å²) in [6, 6.07) is 8.63. The minimum Gasteiger partial charge on any atom is -0.393 e. The van der Waals surface area contributed by atoms with Crippen LogP contribution < -0.4 is 0 Å². The second-order valence-electron chi connectivity index (χ2n) is 7.11. The lowest BCUT2D eigenvalue weighted by molar-refractivity contribution is -0.0623. The Balaban J connectivity index is 1.80. The van der Waals surface area contributed by atoms with E-state index in [4.69, 9.17) is 0 Å². The molecule has 4 atom stereocenters. The number of hydrogen-bond donors (Lipinski definition) is 1. The van der Waals surface area contributed by atoms with Gasteiger partial charge in [-0.3, -0.25) is 0 Å². The van der Waals surface area contributed by atoms with Gasteiger partial charge >= 0.3 is 0 Å². The van der Waals surface area contributed by atoms with Crippen LogP contribution in [0.25, 0.3) is 0 Å². The molecule has 2 aliphatic rings. The standard InChI is InChI=1S/C18H25BrO/c1-18-10-3-2-4-16(18)15(17(20)9-11-18)12-13-5-7-14(19)8-6-13/h5-8,15-17,20H,2-4,9-12H2,1H3/t15-,16-,17-,18-/m0/s1. The van der Waals surface area contributed by atoms with E-state index in [1.165, 1.54) is 37.7 Å². The number of aliphatic hydroxyl groups is 1. The molecule has 2 saturated carbocycles. The molecule has 1 N–H and O–H groups in total. The Morgan fingerprint density at radius 2 is 1.90 bits per heavy atom. The van der Waals surface area contributed by atoms with Crippen LogP contribution in [0, 0.1) is 17.3 Å². The van der Waals surface area contributed by atoms with E-state index in [0.717, 1.165) is 17.3 Å². The van der Waals surface area contributed by atoms with Crippen LogP contribution in [0.4, 0.5) is 0 Å². The molecule has 1 aromatic carbocycles. The molecule has 0 spiro atoms. The highest BCUT2D eigenvalue weighted by molar-refractivity contribution is 9.10. The number of rotatable bonds is 2. The van der Waals surface area contributed by atoms with Crippen LogP contribution in [-0.4, -0.2) is 11.2 Å². The molecule has 0 aliphatic heterocycles. The summed E-state index contributed by atoms with van der Waals surface area (Å²) in [7, 11) is 0. The fourth-order valence-electron chi connectivity index (χ4n) is 4.60. The van der Waals surface area contributed by atoms with E-state index in [0.29, 0.717) is 17.3 Å². The third-order valence-electron chi connectivity index (χ3n) is 5.82. The molecule has 0 radical (unpaired) electrons. The van der Waals surface area contributed by atoms with Gasteiger partial charge in [-0.05, 0) is 67.1 Å². The Morgan fingerprint density at radius 1 is 1.15 bits per heavy atom. The zero-order valence-electron chi connectivity index (χ0n) is 12.3. The molecule has 1 nitrogen and oxygen atoms in total. The molecular weight excluding hydrogens is 312 g/mol. The fraction of sp³-hybridized carbons (Fsp3) is 0.667. The highest BCUT2D eigenvalue weighted by Gasteiger charge is 2.46. The quantitative estimate of drug-likeness (QED) is 0.809. The number of halogens is 1. The van der Waals surface area contributed by atoms with E-state index in [9.17, 15) is 5.11 Å². The van der Waals surface area contributed by atoms with E-state index in [1.807, 2.05) is 0 Å². The molecule has 0 aromatic heterocycles. The summed E-state index contributed by atoms with van der Waals surface area (Å²) >= 11 is 3.50. The van der Waals surface area contributed by atoms with Crippen molar-refractivity contribution in [1.82, 2.24) is 0 Å². The molecule has 20 heavy (non-hydrogen) atoms. The maximum atomic E-state index is 10.5. The van der Waals surface area contributed by atoms with Crippen molar-refractivity contribution in [2.75, 3.05) is 0 Å². The second-order valence-corrected chi connectivity index (χ2v) is 8.02. The Kier molecular flexibility index (Phi) is 4.24. The average molecular weight is 337 g/mol. The van der Waals surface area contributed by atoms with Crippen LogP contribution in [0.3, 0.4) is 0 Å². The Bertz CT molecular complexity index is 455. The van der Waals surface area contributed by atoms with Crippen LogP contribution in [0.2, 0.25) is 0 Å². The Labute approximate surface area is 130 Å². The summed E-state index contributed by atoms with van der Waals surface area (Å²) in [4.78, 5) is 0. The van der Waals surface area contributed by atoms with Gasteiger partial charge < -0.3 is 5.11 Å². The molecule has 0 saturated heterocycles. The van der Waals surface area contributed by atoms with E-state index in [-0.39, 0.29) is 6.10 Å². The Morgan fingerprint density at radius 3 is 2.65 bits per heavy atom.